The molecule has 4 heterocycles. The molecule has 2 N–H and O–H groups in total. The van der Waals surface area contributed by atoms with Gasteiger partial charge in [-0.2, -0.15) is 0 Å². The molecule has 0 radical (unpaired) electrons. The number of aromatic carboxylic acids is 1. The van der Waals surface area contributed by atoms with E-state index in [9.17, 15) is 9.90 Å². The zero-order valence-electron chi connectivity index (χ0n) is 17.6. The molecule has 0 unspecified atom stereocenters. The minimum atomic E-state index is -0.958. The Hall–Kier alpha value is -4.04. The summed E-state index contributed by atoms with van der Waals surface area (Å²) < 4.78 is 2.02. The molecule has 5 rings (SSSR count). The van der Waals surface area contributed by atoms with Crippen LogP contribution in [0.25, 0.3) is 5.69 Å². The first-order chi connectivity index (χ1) is 16.1. The largest absolute Gasteiger partial charge is 0.478 e. The van der Waals surface area contributed by atoms with Crippen LogP contribution in [0.3, 0.4) is 0 Å². The van der Waals surface area contributed by atoms with E-state index in [1.807, 2.05) is 59.3 Å². The molecule has 8 heteroatoms. The molecular formula is C25H21N5O2S. The van der Waals surface area contributed by atoms with Crippen LogP contribution in [0, 0.1) is 0 Å². The fraction of sp³-hybridized carbons (Fsp3) is 0.120. The van der Waals surface area contributed by atoms with Crippen molar-refractivity contribution < 1.29 is 9.90 Å². The zero-order chi connectivity index (χ0) is 22.8. The number of hydrogen-bond acceptors (Lipinski definition) is 4. The van der Waals surface area contributed by atoms with Gasteiger partial charge in [0.1, 0.15) is 0 Å². The molecule has 33 heavy (non-hydrogen) atoms. The van der Waals surface area contributed by atoms with E-state index < -0.39 is 5.97 Å². The number of nitrogens with one attached hydrogen (secondary N) is 1. The van der Waals surface area contributed by atoms with Gasteiger partial charge in [-0.05, 0) is 72.4 Å². The number of benzene rings is 1. The van der Waals surface area contributed by atoms with Crippen LogP contribution >= 0.6 is 12.2 Å². The normalized spacial score (nSPS) is 17.7. The van der Waals surface area contributed by atoms with Gasteiger partial charge in [-0.3, -0.25) is 9.97 Å². The third-order valence-corrected chi connectivity index (χ3v) is 6.11. The molecule has 1 aliphatic rings. The highest BCUT2D eigenvalue weighted by atomic mass is 32.1. The molecule has 4 aromatic rings. The Morgan fingerprint density at radius 1 is 1.03 bits per heavy atom. The molecule has 1 saturated heterocycles. The highest BCUT2D eigenvalue weighted by molar-refractivity contribution is 7.80. The Labute approximate surface area is 196 Å². The van der Waals surface area contributed by atoms with Crippen molar-refractivity contribution in [2.24, 2.45) is 0 Å². The van der Waals surface area contributed by atoms with Crippen LogP contribution < -0.4 is 5.32 Å². The van der Waals surface area contributed by atoms with Crippen LogP contribution in [0.15, 0.2) is 91.5 Å². The van der Waals surface area contributed by atoms with Gasteiger partial charge in [0.2, 0.25) is 0 Å². The summed E-state index contributed by atoms with van der Waals surface area (Å²) in [4.78, 5) is 22.4. The number of carboxylic acid groups (broad SMARTS) is 1. The lowest BCUT2D eigenvalue weighted by Crippen LogP contribution is -2.30. The Bertz CT molecular complexity index is 1290. The van der Waals surface area contributed by atoms with Gasteiger partial charge in [0.05, 0.1) is 23.3 Å². The Morgan fingerprint density at radius 3 is 2.64 bits per heavy atom. The van der Waals surface area contributed by atoms with Crippen LogP contribution in [0.2, 0.25) is 0 Å². The summed E-state index contributed by atoms with van der Waals surface area (Å²) >= 11 is 5.77. The van der Waals surface area contributed by atoms with Crippen molar-refractivity contribution in [2.45, 2.75) is 18.6 Å². The van der Waals surface area contributed by atoms with Crippen molar-refractivity contribution in [1.29, 1.82) is 0 Å². The van der Waals surface area contributed by atoms with Crippen molar-refractivity contribution >= 4 is 23.3 Å². The monoisotopic (exact) mass is 455 g/mol. The molecule has 1 fully saturated rings. The number of rotatable bonds is 6. The summed E-state index contributed by atoms with van der Waals surface area (Å²) in [5, 5.41) is 13.6. The van der Waals surface area contributed by atoms with E-state index in [0.717, 1.165) is 22.6 Å². The first-order valence-electron chi connectivity index (χ1n) is 10.5. The van der Waals surface area contributed by atoms with Crippen LogP contribution in [0.5, 0.6) is 0 Å². The Kier molecular flexibility index (Phi) is 5.58. The van der Waals surface area contributed by atoms with E-state index in [2.05, 4.69) is 20.2 Å². The zero-order valence-corrected chi connectivity index (χ0v) is 18.4. The molecule has 1 aromatic carbocycles. The SMILES string of the molecule is O=C(O)c1cccc(-n2cccc2[C@H]2[C@@H](c3ccccn3)NC(=S)N2Cc2ccncc2)c1. The molecule has 7 nitrogen and oxygen atoms in total. The van der Waals surface area contributed by atoms with Gasteiger partial charge in [0.15, 0.2) is 5.11 Å². The van der Waals surface area contributed by atoms with Gasteiger partial charge in [0.25, 0.3) is 0 Å². The molecule has 2 atom stereocenters. The summed E-state index contributed by atoms with van der Waals surface area (Å²) in [6.45, 7) is 0.600. The molecule has 0 amide bonds. The fourth-order valence-electron chi connectivity index (χ4n) is 4.24. The van der Waals surface area contributed by atoms with E-state index in [1.54, 1.807) is 36.8 Å². The fourth-order valence-corrected chi connectivity index (χ4v) is 4.55. The quantitative estimate of drug-likeness (QED) is 0.423. The lowest BCUT2D eigenvalue weighted by molar-refractivity contribution is 0.0697. The number of thiocarbonyl (C=S) groups is 1. The smallest absolute Gasteiger partial charge is 0.335 e. The van der Waals surface area contributed by atoms with Gasteiger partial charge in [0, 0.05) is 42.7 Å². The predicted octanol–water partition coefficient (Wildman–Crippen LogP) is 4.14. The van der Waals surface area contributed by atoms with E-state index >= 15 is 0 Å². The highest BCUT2D eigenvalue weighted by Gasteiger charge is 2.41. The number of nitrogens with zero attached hydrogens (tertiary/aromatic N) is 4. The van der Waals surface area contributed by atoms with E-state index in [-0.39, 0.29) is 17.6 Å². The van der Waals surface area contributed by atoms with Gasteiger partial charge < -0.3 is 19.9 Å². The number of pyridine rings is 2. The van der Waals surface area contributed by atoms with Gasteiger partial charge >= 0.3 is 5.97 Å². The van der Waals surface area contributed by atoms with E-state index in [0.29, 0.717) is 11.7 Å². The highest BCUT2D eigenvalue weighted by Crippen LogP contribution is 2.40. The van der Waals surface area contributed by atoms with Crippen LogP contribution in [-0.2, 0) is 6.54 Å². The lowest BCUT2D eigenvalue weighted by Gasteiger charge is -2.29. The second kappa shape index (κ2) is 8.84. The number of aromatic nitrogens is 3. The summed E-state index contributed by atoms with van der Waals surface area (Å²) in [5.41, 5.74) is 3.97. The summed E-state index contributed by atoms with van der Waals surface area (Å²) in [5.74, 6) is -0.958. The summed E-state index contributed by atoms with van der Waals surface area (Å²) in [6.07, 6.45) is 7.26. The van der Waals surface area contributed by atoms with Crippen LogP contribution in [0.1, 0.15) is 39.4 Å². The van der Waals surface area contributed by atoms with Crippen molar-refractivity contribution in [3.8, 4) is 5.69 Å². The summed E-state index contributed by atoms with van der Waals surface area (Å²) in [6, 6.07) is 20.4. The molecule has 3 aromatic heterocycles. The van der Waals surface area contributed by atoms with E-state index in [1.165, 1.54) is 0 Å². The topological polar surface area (TPSA) is 83.3 Å². The first-order valence-corrected chi connectivity index (χ1v) is 10.9. The Balaban J connectivity index is 1.61. The van der Waals surface area contributed by atoms with Gasteiger partial charge in [-0.25, -0.2) is 4.79 Å². The molecule has 0 saturated carbocycles. The molecule has 0 bridgehead atoms. The second-order valence-corrected chi connectivity index (χ2v) is 8.16. The van der Waals surface area contributed by atoms with Crippen molar-refractivity contribution in [3.05, 3.63) is 114 Å². The summed E-state index contributed by atoms with van der Waals surface area (Å²) in [7, 11) is 0. The number of hydrogen-bond donors (Lipinski definition) is 2. The third kappa shape index (κ3) is 4.08. The molecule has 164 valence electrons. The average molecular weight is 456 g/mol. The van der Waals surface area contributed by atoms with Gasteiger partial charge in [-0.15, -0.1) is 0 Å². The van der Waals surface area contributed by atoms with Crippen LogP contribution in [-0.4, -0.2) is 35.6 Å². The molecule has 1 aliphatic heterocycles. The van der Waals surface area contributed by atoms with Crippen LogP contribution in [0.4, 0.5) is 0 Å². The number of carbonyl (C=O) groups is 1. The Morgan fingerprint density at radius 2 is 1.88 bits per heavy atom. The lowest BCUT2D eigenvalue weighted by atomic mass is 10.0. The molecule has 0 spiro atoms. The minimum absolute atomic E-state index is 0.163. The second-order valence-electron chi connectivity index (χ2n) is 7.77. The first kappa shape index (κ1) is 20.8. The molecule has 0 aliphatic carbocycles. The van der Waals surface area contributed by atoms with Crippen molar-refractivity contribution in [3.63, 3.8) is 0 Å². The maximum Gasteiger partial charge on any atom is 0.335 e. The van der Waals surface area contributed by atoms with E-state index in [4.69, 9.17) is 12.2 Å². The van der Waals surface area contributed by atoms with Gasteiger partial charge in [-0.1, -0.05) is 12.1 Å². The maximum atomic E-state index is 11.5. The average Bonchev–Trinajstić information content (AvgIpc) is 3.45. The minimum Gasteiger partial charge on any atom is -0.478 e. The third-order valence-electron chi connectivity index (χ3n) is 5.75. The predicted molar refractivity (Wildman–Crippen MR) is 128 cm³/mol. The van der Waals surface area contributed by atoms with Crippen molar-refractivity contribution in [1.82, 2.24) is 24.8 Å². The maximum absolute atomic E-state index is 11.5. The standard InChI is InChI=1S/C25H21N5O2S/c31-24(32)18-5-3-6-19(15-18)29-14-4-8-21(29)23-22(20-7-1-2-11-27-20)28-25(33)30(23)16-17-9-12-26-13-10-17/h1-15,22-23H,16H2,(H,28,33)(H,31,32)/t22-,23+/m1/s1. The van der Waals surface area contributed by atoms with Crippen molar-refractivity contribution in [2.75, 3.05) is 0 Å². The number of carboxylic acids is 1. The molecular weight excluding hydrogens is 434 g/mol.